The smallest absolute Gasteiger partial charge is 0.126 e. The number of phenolic OH excluding ortho intramolecular Hbond substituents is 1. The predicted molar refractivity (Wildman–Crippen MR) is 51.9 cm³/mol. The molecule has 1 aromatic carbocycles. The summed E-state index contributed by atoms with van der Waals surface area (Å²) in [6.07, 6.45) is 1.06. The van der Waals surface area contributed by atoms with Crippen molar-refractivity contribution in [2.75, 3.05) is 0 Å². The van der Waals surface area contributed by atoms with Gasteiger partial charge in [0.1, 0.15) is 17.9 Å². The quantitative estimate of drug-likeness (QED) is 0.754. The summed E-state index contributed by atoms with van der Waals surface area (Å²) >= 11 is 0. The number of aromatic hydroxyl groups is 1. The van der Waals surface area contributed by atoms with Gasteiger partial charge in [-0.05, 0) is 30.5 Å². The lowest BCUT2D eigenvalue weighted by atomic mass is 9.93. The molecule has 0 bridgehead atoms. The van der Waals surface area contributed by atoms with Crippen LogP contribution in [0.1, 0.15) is 30.4 Å². The molecule has 0 aliphatic rings. The molecule has 1 atom stereocenters. The number of carbonyl (C=O) groups is 1. The lowest BCUT2D eigenvalue weighted by Gasteiger charge is -2.14. The molecule has 0 fully saturated rings. The fraction of sp³-hybridized carbons (Fsp3) is 0.364. The molecule has 0 heterocycles. The van der Waals surface area contributed by atoms with Gasteiger partial charge < -0.3 is 9.90 Å². The zero-order valence-electron chi connectivity index (χ0n) is 8.25. The molecule has 0 aliphatic carbocycles. The molecule has 3 heteroatoms. The second kappa shape index (κ2) is 4.22. The summed E-state index contributed by atoms with van der Waals surface area (Å²) in [5.74, 6) is -0.447. The van der Waals surface area contributed by atoms with Gasteiger partial charge in [-0.1, -0.05) is 6.92 Å². The van der Waals surface area contributed by atoms with E-state index in [1.54, 1.807) is 13.8 Å². The molecule has 1 aromatic rings. The van der Waals surface area contributed by atoms with E-state index in [1.807, 2.05) is 0 Å². The largest absolute Gasteiger partial charge is 0.508 e. The third-order valence-electron chi connectivity index (χ3n) is 2.37. The molecular weight excluding hydrogens is 183 g/mol. The summed E-state index contributed by atoms with van der Waals surface area (Å²) in [7, 11) is 0. The normalized spacial score (nSPS) is 12.5. The third kappa shape index (κ3) is 1.92. The van der Waals surface area contributed by atoms with Crippen LogP contribution < -0.4 is 0 Å². The van der Waals surface area contributed by atoms with Crippen molar-refractivity contribution in [2.24, 2.45) is 0 Å². The number of phenols is 1. The van der Waals surface area contributed by atoms with Crippen LogP contribution in [-0.2, 0) is 4.79 Å². The standard InChI is InChI=1S/C11H13FO2/c1-7(5-6-13)11-8(2)9(12)3-4-10(11)14/h3-4,6-7,14H,5H2,1-2H3. The van der Waals surface area contributed by atoms with Gasteiger partial charge in [-0.15, -0.1) is 0 Å². The Bertz CT molecular complexity index is 347. The number of halogens is 1. The summed E-state index contributed by atoms with van der Waals surface area (Å²) in [4.78, 5) is 10.3. The highest BCUT2D eigenvalue weighted by atomic mass is 19.1. The second-order valence-electron chi connectivity index (χ2n) is 3.41. The first-order valence-electron chi connectivity index (χ1n) is 4.49. The number of carbonyl (C=O) groups excluding carboxylic acids is 1. The zero-order valence-corrected chi connectivity index (χ0v) is 8.25. The van der Waals surface area contributed by atoms with Crippen molar-refractivity contribution in [3.8, 4) is 5.75 Å². The van der Waals surface area contributed by atoms with Crippen molar-refractivity contribution >= 4 is 6.29 Å². The molecule has 14 heavy (non-hydrogen) atoms. The Kier molecular flexibility index (Phi) is 3.23. The van der Waals surface area contributed by atoms with Crippen molar-refractivity contribution in [2.45, 2.75) is 26.2 Å². The Hall–Kier alpha value is -1.38. The van der Waals surface area contributed by atoms with E-state index >= 15 is 0 Å². The number of hydrogen-bond acceptors (Lipinski definition) is 2. The Morgan fingerprint density at radius 1 is 1.57 bits per heavy atom. The SMILES string of the molecule is Cc1c(F)ccc(O)c1C(C)CC=O. The van der Waals surface area contributed by atoms with Crippen LogP contribution in [0.3, 0.4) is 0 Å². The van der Waals surface area contributed by atoms with E-state index in [1.165, 1.54) is 12.1 Å². The van der Waals surface area contributed by atoms with Gasteiger partial charge in [0.05, 0.1) is 0 Å². The summed E-state index contributed by atoms with van der Waals surface area (Å²) < 4.78 is 13.2. The lowest BCUT2D eigenvalue weighted by Crippen LogP contribution is -2.00. The Morgan fingerprint density at radius 3 is 2.79 bits per heavy atom. The van der Waals surface area contributed by atoms with Gasteiger partial charge >= 0.3 is 0 Å². The summed E-state index contributed by atoms with van der Waals surface area (Å²) in [5, 5.41) is 9.53. The van der Waals surface area contributed by atoms with Crippen LogP contribution in [-0.4, -0.2) is 11.4 Å². The lowest BCUT2D eigenvalue weighted by molar-refractivity contribution is -0.108. The molecule has 0 spiro atoms. The topological polar surface area (TPSA) is 37.3 Å². The molecule has 0 saturated carbocycles. The van der Waals surface area contributed by atoms with Crippen molar-refractivity contribution < 1.29 is 14.3 Å². The van der Waals surface area contributed by atoms with Gasteiger partial charge in [0.25, 0.3) is 0 Å². The Balaban J connectivity index is 3.17. The Labute approximate surface area is 82.4 Å². The third-order valence-corrected chi connectivity index (χ3v) is 2.37. The van der Waals surface area contributed by atoms with Crippen LogP contribution in [0.2, 0.25) is 0 Å². The monoisotopic (exact) mass is 196 g/mol. The zero-order chi connectivity index (χ0) is 10.7. The van der Waals surface area contributed by atoms with Crippen LogP contribution in [0.15, 0.2) is 12.1 Å². The van der Waals surface area contributed by atoms with Crippen molar-refractivity contribution in [3.63, 3.8) is 0 Å². The highest BCUT2D eigenvalue weighted by molar-refractivity contribution is 5.53. The minimum Gasteiger partial charge on any atom is -0.508 e. The number of benzene rings is 1. The van der Waals surface area contributed by atoms with Crippen LogP contribution in [0, 0.1) is 12.7 Å². The van der Waals surface area contributed by atoms with Gasteiger partial charge in [0.2, 0.25) is 0 Å². The van der Waals surface area contributed by atoms with Crippen LogP contribution in [0.5, 0.6) is 5.75 Å². The maximum atomic E-state index is 13.2. The molecule has 1 unspecified atom stereocenters. The fourth-order valence-electron chi connectivity index (χ4n) is 1.57. The molecule has 0 aromatic heterocycles. The maximum absolute atomic E-state index is 13.2. The Morgan fingerprint density at radius 2 is 2.21 bits per heavy atom. The van der Waals surface area contributed by atoms with E-state index in [4.69, 9.17) is 0 Å². The maximum Gasteiger partial charge on any atom is 0.126 e. The van der Waals surface area contributed by atoms with E-state index in [-0.39, 0.29) is 23.9 Å². The highest BCUT2D eigenvalue weighted by Crippen LogP contribution is 2.31. The van der Waals surface area contributed by atoms with Gasteiger partial charge in [-0.25, -0.2) is 4.39 Å². The predicted octanol–water partition coefficient (Wildman–Crippen LogP) is 2.53. The molecule has 0 aliphatic heterocycles. The van der Waals surface area contributed by atoms with E-state index in [2.05, 4.69) is 0 Å². The minimum absolute atomic E-state index is 0.0539. The van der Waals surface area contributed by atoms with Gasteiger partial charge in [0.15, 0.2) is 0 Å². The second-order valence-corrected chi connectivity index (χ2v) is 3.41. The summed E-state index contributed by atoms with van der Waals surface area (Å²) in [5.41, 5.74) is 0.941. The first-order valence-corrected chi connectivity index (χ1v) is 4.49. The summed E-state index contributed by atoms with van der Waals surface area (Å²) in [6, 6.07) is 2.54. The molecule has 1 N–H and O–H groups in total. The molecule has 2 nitrogen and oxygen atoms in total. The van der Waals surface area contributed by atoms with Gasteiger partial charge in [-0.2, -0.15) is 0 Å². The molecule has 1 rings (SSSR count). The first kappa shape index (κ1) is 10.7. The van der Waals surface area contributed by atoms with Crippen LogP contribution in [0.4, 0.5) is 4.39 Å². The van der Waals surface area contributed by atoms with Gasteiger partial charge in [-0.3, -0.25) is 0 Å². The average molecular weight is 196 g/mol. The van der Waals surface area contributed by atoms with Crippen molar-refractivity contribution in [3.05, 3.63) is 29.1 Å². The number of rotatable bonds is 3. The molecule has 0 amide bonds. The van der Waals surface area contributed by atoms with E-state index < -0.39 is 0 Å². The molecule has 0 radical (unpaired) electrons. The van der Waals surface area contributed by atoms with Crippen molar-refractivity contribution in [1.82, 2.24) is 0 Å². The average Bonchev–Trinajstić information content (AvgIpc) is 2.13. The highest BCUT2D eigenvalue weighted by Gasteiger charge is 2.15. The minimum atomic E-state index is -0.351. The molecule has 0 saturated heterocycles. The van der Waals surface area contributed by atoms with E-state index in [0.29, 0.717) is 11.1 Å². The van der Waals surface area contributed by atoms with Crippen molar-refractivity contribution in [1.29, 1.82) is 0 Å². The van der Waals surface area contributed by atoms with Crippen LogP contribution >= 0.6 is 0 Å². The molecule has 76 valence electrons. The van der Waals surface area contributed by atoms with Gasteiger partial charge in [0, 0.05) is 12.0 Å². The molecular formula is C11H13FO2. The van der Waals surface area contributed by atoms with Crippen LogP contribution in [0.25, 0.3) is 0 Å². The van der Waals surface area contributed by atoms with E-state index in [9.17, 15) is 14.3 Å². The fourth-order valence-corrected chi connectivity index (χ4v) is 1.57. The number of hydrogen-bond donors (Lipinski definition) is 1. The summed E-state index contributed by atoms with van der Waals surface area (Å²) in [6.45, 7) is 3.39. The van der Waals surface area contributed by atoms with E-state index in [0.717, 1.165) is 6.29 Å². The first-order chi connectivity index (χ1) is 6.57. The number of aldehydes is 1.